The minimum absolute atomic E-state index is 0.354. The molecule has 2 fully saturated rings. The van der Waals surface area contributed by atoms with Crippen molar-refractivity contribution in [2.45, 2.75) is 18.6 Å². The number of piperidine rings is 1. The molecule has 0 atom stereocenters. The molecule has 2 aliphatic rings. The molecule has 132 valence electrons. The van der Waals surface area contributed by atoms with E-state index in [1.54, 1.807) is 6.20 Å². The summed E-state index contributed by atoms with van der Waals surface area (Å²) in [7, 11) is 0. The summed E-state index contributed by atoms with van der Waals surface area (Å²) in [5, 5.41) is 0.930. The monoisotopic (exact) mass is 349 g/mol. The maximum absolute atomic E-state index is 5.79. The predicted octanol–water partition coefficient (Wildman–Crippen LogP) is 2.43. The molecular weight excluding hydrogens is 330 g/mol. The van der Waals surface area contributed by atoms with Gasteiger partial charge in [-0.2, -0.15) is 0 Å². The second kappa shape index (κ2) is 6.26. The average molecular weight is 349 g/mol. The quantitative estimate of drug-likeness (QED) is 0.703. The Balaban J connectivity index is 1.34. The van der Waals surface area contributed by atoms with Crippen LogP contribution in [0, 0.1) is 0 Å². The van der Waals surface area contributed by atoms with Gasteiger partial charge in [0.15, 0.2) is 11.4 Å². The zero-order valence-corrected chi connectivity index (χ0v) is 14.3. The van der Waals surface area contributed by atoms with Crippen LogP contribution in [0.3, 0.4) is 0 Å². The Morgan fingerprint density at radius 2 is 1.77 bits per heavy atom. The molecule has 26 heavy (non-hydrogen) atoms. The van der Waals surface area contributed by atoms with Crippen molar-refractivity contribution in [2.24, 2.45) is 0 Å². The van der Waals surface area contributed by atoms with E-state index in [0.29, 0.717) is 18.9 Å². The Labute approximate surface area is 151 Å². The van der Waals surface area contributed by atoms with Gasteiger partial charge in [0.2, 0.25) is 0 Å². The van der Waals surface area contributed by atoms with E-state index >= 15 is 0 Å². The number of hydrogen-bond donors (Lipinski definition) is 0. The number of anilines is 1. The minimum Gasteiger partial charge on any atom is -0.356 e. The van der Waals surface area contributed by atoms with E-state index < -0.39 is 0 Å². The molecule has 0 aliphatic carbocycles. The number of ether oxygens (including phenoxy) is 2. The summed E-state index contributed by atoms with van der Waals surface area (Å²) in [6.07, 6.45) is 6.91. The van der Waals surface area contributed by atoms with Gasteiger partial charge in [0.1, 0.15) is 12.1 Å². The van der Waals surface area contributed by atoms with Gasteiger partial charge in [0, 0.05) is 49.3 Å². The van der Waals surface area contributed by atoms with Crippen LogP contribution in [0.15, 0.2) is 43.0 Å². The first-order valence-corrected chi connectivity index (χ1v) is 8.87. The van der Waals surface area contributed by atoms with Crippen LogP contribution in [0.4, 0.5) is 5.82 Å². The zero-order valence-electron chi connectivity index (χ0n) is 14.3. The van der Waals surface area contributed by atoms with E-state index in [1.165, 1.54) is 6.33 Å². The first kappa shape index (κ1) is 15.6. The van der Waals surface area contributed by atoms with Crippen molar-refractivity contribution in [2.75, 3.05) is 31.2 Å². The molecule has 0 saturated carbocycles. The fraction of sp³-hybridized carbons (Fsp3) is 0.368. The number of fused-ring (bicyclic) bond motifs is 1. The Morgan fingerprint density at radius 1 is 0.923 bits per heavy atom. The van der Waals surface area contributed by atoms with Gasteiger partial charge >= 0.3 is 0 Å². The van der Waals surface area contributed by atoms with Crippen molar-refractivity contribution in [3.63, 3.8) is 0 Å². The lowest BCUT2D eigenvalue weighted by molar-refractivity contribution is -0.169. The molecule has 7 nitrogen and oxygen atoms in total. The third-order valence-corrected chi connectivity index (χ3v) is 5.07. The van der Waals surface area contributed by atoms with Crippen molar-refractivity contribution in [1.29, 1.82) is 0 Å². The van der Waals surface area contributed by atoms with Gasteiger partial charge in [-0.25, -0.2) is 19.9 Å². The molecule has 3 aromatic rings. The van der Waals surface area contributed by atoms with Crippen molar-refractivity contribution in [1.82, 2.24) is 19.9 Å². The predicted molar refractivity (Wildman–Crippen MR) is 96.6 cm³/mol. The Kier molecular flexibility index (Phi) is 3.76. The summed E-state index contributed by atoms with van der Waals surface area (Å²) in [5.41, 5.74) is 2.53. The van der Waals surface area contributed by atoms with Crippen molar-refractivity contribution >= 4 is 16.9 Å². The van der Waals surface area contributed by atoms with Crippen LogP contribution >= 0.6 is 0 Å². The van der Waals surface area contributed by atoms with Crippen LogP contribution in [-0.4, -0.2) is 52.0 Å². The first-order chi connectivity index (χ1) is 12.8. The van der Waals surface area contributed by atoms with Gasteiger partial charge in [0.05, 0.1) is 18.9 Å². The largest absolute Gasteiger partial charge is 0.356 e. The highest BCUT2D eigenvalue weighted by Crippen LogP contribution is 2.33. The first-order valence-electron chi connectivity index (χ1n) is 8.87. The summed E-state index contributed by atoms with van der Waals surface area (Å²) in [6, 6.07) is 8.07. The molecule has 0 bridgehead atoms. The van der Waals surface area contributed by atoms with Crippen LogP contribution in [0.1, 0.15) is 12.8 Å². The van der Waals surface area contributed by atoms with Crippen molar-refractivity contribution < 1.29 is 9.47 Å². The molecule has 2 aliphatic heterocycles. The average Bonchev–Trinajstić information content (AvgIpc) is 3.16. The highest BCUT2D eigenvalue weighted by molar-refractivity contribution is 5.77. The van der Waals surface area contributed by atoms with E-state index in [-0.39, 0.29) is 5.79 Å². The maximum atomic E-state index is 5.79. The summed E-state index contributed by atoms with van der Waals surface area (Å²) in [4.78, 5) is 19.8. The van der Waals surface area contributed by atoms with E-state index in [1.807, 2.05) is 18.3 Å². The molecule has 2 saturated heterocycles. The van der Waals surface area contributed by atoms with Gasteiger partial charge < -0.3 is 14.4 Å². The van der Waals surface area contributed by atoms with Crippen LogP contribution in [0.5, 0.6) is 0 Å². The van der Waals surface area contributed by atoms with E-state index in [2.05, 4.69) is 37.0 Å². The highest BCUT2D eigenvalue weighted by atomic mass is 16.7. The lowest BCUT2D eigenvalue weighted by atomic mass is 10.0. The molecule has 5 rings (SSSR count). The SMILES string of the molecule is c1ncc2ccc(-c3ccc(N4CCC5(CC4)OCCO5)nc3)nc2n1. The molecular formula is C19H19N5O2. The zero-order chi connectivity index (χ0) is 17.4. The number of hydrogen-bond acceptors (Lipinski definition) is 7. The number of nitrogens with zero attached hydrogens (tertiary/aromatic N) is 5. The smallest absolute Gasteiger partial charge is 0.171 e. The molecule has 0 N–H and O–H groups in total. The molecule has 0 amide bonds. The molecule has 0 aromatic carbocycles. The normalized spacial score (nSPS) is 19.3. The molecule has 3 aromatic heterocycles. The third kappa shape index (κ3) is 2.79. The van der Waals surface area contributed by atoms with Crippen LogP contribution in [0.25, 0.3) is 22.3 Å². The maximum Gasteiger partial charge on any atom is 0.171 e. The second-order valence-corrected chi connectivity index (χ2v) is 6.63. The second-order valence-electron chi connectivity index (χ2n) is 6.63. The van der Waals surface area contributed by atoms with Crippen LogP contribution in [-0.2, 0) is 9.47 Å². The summed E-state index contributed by atoms with van der Waals surface area (Å²) >= 11 is 0. The standard InChI is InChI=1S/C19H19N5O2/c1-3-16(23-18-15(1)11-20-13-22-18)14-2-4-17(21-12-14)24-7-5-19(6-8-24)25-9-10-26-19/h1-4,11-13H,5-10H2. The summed E-state index contributed by atoms with van der Waals surface area (Å²) in [5.74, 6) is 0.623. The minimum atomic E-state index is -0.354. The fourth-order valence-corrected chi connectivity index (χ4v) is 3.61. The Morgan fingerprint density at radius 3 is 2.54 bits per heavy atom. The summed E-state index contributed by atoms with van der Waals surface area (Å²) in [6.45, 7) is 3.18. The van der Waals surface area contributed by atoms with Gasteiger partial charge in [-0.15, -0.1) is 0 Å². The number of aromatic nitrogens is 4. The van der Waals surface area contributed by atoms with Gasteiger partial charge in [-0.1, -0.05) is 0 Å². The van der Waals surface area contributed by atoms with Gasteiger partial charge in [0.25, 0.3) is 0 Å². The lowest BCUT2D eigenvalue weighted by Gasteiger charge is -2.38. The third-order valence-electron chi connectivity index (χ3n) is 5.07. The Bertz CT molecular complexity index is 915. The van der Waals surface area contributed by atoms with Gasteiger partial charge in [-0.05, 0) is 24.3 Å². The number of pyridine rings is 2. The molecule has 5 heterocycles. The Hall–Kier alpha value is -2.64. The fourth-order valence-electron chi connectivity index (χ4n) is 3.61. The van der Waals surface area contributed by atoms with Crippen molar-refractivity contribution in [3.8, 4) is 11.3 Å². The molecule has 1 spiro atoms. The lowest BCUT2D eigenvalue weighted by Crippen LogP contribution is -2.45. The van der Waals surface area contributed by atoms with Gasteiger partial charge in [-0.3, -0.25) is 0 Å². The van der Waals surface area contributed by atoms with E-state index in [0.717, 1.165) is 48.4 Å². The number of rotatable bonds is 2. The van der Waals surface area contributed by atoms with E-state index in [9.17, 15) is 0 Å². The van der Waals surface area contributed by atoms with E-state index in [4.69, 9.17) is 9.47 Å². The topological polar surface area (TPSA) is 73.3 Å². The molecule has 7 heteroatoms. The molecule has 0 radical (unpaired) electrons. The van der Waals surface area contributed by atoms with Crippen LogP contribution < -0.4 is 4.90 Å². The summed E-state index contributed by atoms with van der Waals surface area (Å²) < 4.78 is 11.6. The highest BCUT2D eigenvalue weighted by Gasteiger charge is 2.39. The van der Waals surface area contributed by atoms with Crippen molar-refractivity contribution in [3.05, 3.63) is 43.0 Å². The van der Waals surface area contributed by atoms with Crippen LogP contribution in [0.2, 0.25) is 0 Å². The molecule has 0 unspecified atom stereocenters.